The minimum absolute atomic E-state index is 0.237. The molecule has 10 heteroatoms. The molecule has 0 unspecified atom stereocenters. The molecule has 0 N–H and O–H groups in total. The van der Waals surface area contributed by atoms with E-state index >= 15 is 0 Å². The van der Waals surface area contributed by atoms with Crippen molar-refractivity contribution < 1.29 is 9.26 Å². The predicted octanol–water partition coefficient (Wildman–Crippen LogP) is 1.44. The highest BCUT2D eigenvalue weighted by Crippen LogP contribution is 2.31. The van der Waals surface area contributed by atoms with Crippen LogP contribution in [0.5, 0.6) is 5.88 Å². The number of aromatic nitrogens is 8. The Balaban J connectivity index is 1.59. The fraction of sp³-hybridized carbons (Fsp3) is 0.125. The lowest BCUT2D eigenvalue weighted by atomic mass is 10.0. The summed E-state index contributed by atoms with van der Waals surface area (Å²) in [6.07, 6.45) is 8.88. The first-order valence-corrected chi connectivity index (χ1v) is 7.81. The van der Waals surface area contributed by atoms with Crippen molar-refractivity contribution in [2.45, 2.75) is 6.61 Å². The van der Waals surface area contributed by atoms with Crippen LogP contribution in [0.15, 0.2) is 47.5 Å². The van der Waals surface area contributed by atoms with Gasteiger partial charge in [-0.1, -0.05) is 23.4 Å². The van der Waals surface area contributed by atoms with Crippen LogP contribution in [0.2, 0.25) is 0 Å². The summed E-state index contributed by atoms with van der Waals surface area (Å²) in [5.74, 6) is 1.61. The van der Waals surface area contributed by atoms with Gasteiger partial charge < -0.3 is 9.26 Å². The van der Waals surface area contributed by atoms with Crippen LogP contribution in [-0.2, 0) is 13.7 Å². The van der Waals surface area contributed by atoms with Gasteiger partial charge in [-0.3, -0.25) is 4.68 Å². The van der Waals surface area contributed by atoms with Crippen LogP contribution >= 0.6 is 0 Å². The Kier molecular flexibility index (Phi) is 3.14. The Bertz CT molecular complexity index is 1150. The molecule has 0 saturated heterocycles. The highest BCUT2D eigenvalue weighted by atomic mass is 16.5. The molecule has 0 radical (unpaired) electrons. The molecule has 0 atom stereocenters. The summed E-state index contributed by atoms with van der Waals surface area (Å²) in [6, 6.07) is 3.58. The van der Waals surface area contributed by atoms with Gasteiger partial charge in [0.15, 0.2) is 17.2 Å². The van der Waals surface area contributed by atoms with Crippen LogP contribution < -0.4 is 4.74 Å². The molecule has 0 amide bonds. The van der Waals surface area contributed by atoms with Crippen molar-refractivity contribution in [1.82, 2.24) is 39.7 Å². The van der Waals surface area contributed by atoms with Gasteiger partial charge in [-0.05, 0) is 11.6 Å². The standard InChI is InChI=1S/C16H12N8O2/c1-23-14(17-9-18-23)8-25-16-11(10-3-2-4-10)7-13-19-20-15(24(13)21-16)12-5-6-26-22-12/h2-7,9H,8H2,1H3. The number of ether oxygens (including phenoxy) is 1. The van der Waals surface area contributed by atoms with Crippen LogP contribution in [0.3, 0.4) is 0 Å². The maximum absolute atomic E-state index is 5.94. The lowest BCUT2D eigenvalue weighted by Crippen LogP contribution is -2.09. The molecule has 1 aliphatic carbocycles. The molecule has 4 heterocycles. The number of hydrogen-bond donors (Lipinski definition) is 0. The summed E-state index contributed by atoms with van der Waals surface area (Å²) in [5, 5.41) is 20.9. The Morgan fingerprint density at radius 2 is 2.19 bits per heavy atom. The van der Waals surface area contributed by atoms with Gasteiger partial charge in [0, 0.05) is 18.7 Å². The Morgan fingerprint density at radius 1 is 1.27 bits per heavy atom. The average Bonchev–Trinajstić information content (AvgIpc) is 3.31. The number of aryl methyl sites for hydroxylation is 1. The summed E-state index contributed by atoms with van der Waals surface area (Å²) < 4.78 is 14.1. The number of fused-ring (bicyclic) bond motifs is 1. The molecule has 0 bridgehead atoms. The van der Waals surface area contributed by atoms with Gasteiger partial charge in [-0.15, -0.1) is 15.3 Å². The van der Waals surface area contributed by atoms with E-state index in [-0.39, 0.29) is 6.61 Å². The van der Waals surface area contributed by atoms with Crippen molar-refractivity contribution in [1.29, 1.82) is 0 Å². The van der Waals surface area contributed by atoms with E-state index < -0.39 is 0 Å². The highest BCUT2D eigenvalue weighted by molar-refractivity contribution is 5.84. The zero-order chi connectivity index (χ0) is 17.5. The van der Waals surface area contributed by atoms with Crippen molar-refractivity contribution in [2.24, 2.45) is 7.05 Å². The third-order valence-electron chi connectivity index (χ3n) is 4.03. The van der Waals surface area contributed by atoms with Gasteiger partial charge in [0.05, 0.1) is 0 Å². The van der Waals surface area contributed by atoms with Gasteiger partial charge in [-0.2, -0.15) is 9.61 Å². The third-order valence-corrected chi connectivity index (χ3v) is 4.03. The highest BCUT2D eigenvalue weighted by Gasteiger charge is 2.19. The number of nitrogens with zero attached hydrogens (tertiary/aromatic N) is 8. The van der Waals surface area contributed by atoms with Gasteiger partial charge >= 0.3 is 0 Å². The van der Waals surface area contributed by atoms with E-state index in [4.69, 9.17) is 9.26 Å². The molecular formula is C16H12N8O2. The molecule has 26 heavy (non-hydrogen) atoms. The Morgan fingerprint density at radius 3 is 2.88 bits per heavy atom. The second-order valence-electron chi connectivity index (χ2n) is 5.61. The quantitative estimate of drug-likeness (QED) is 0.533. The molecule has 0 aliphatic heterocycles. The van der Waals surface area contributed by atoms with E-state index in [0.29, 0.717) is 28.9 Å². The lowest BCUT2D eigenvalue weighted by molar-refractivity contribution is 0.273. The number of hydrogen-bond acceptors (Lipinski definition) is 8. The molecule has 10 nitrogen and oxygen atoms in total. The van der Waals surface area contributed by atoms with Gasteiger partial charge in [0.1, 0.15) is 19.2 Å². The van der Waals surface area contributed by atoms with Gasteiger partial charge in [-0.25, -0.2) is 4.98 Å². The predicted molar refractivity (Wildman–Crippen MR) is 88.7 cm³/mol. The van der Waals surface area contributed by atoms with E-state index in [0.717, 1.165) is 11.1 Å². The number of allylic oxidation sites excluding steroid dienone is 4. The maximum Gasteiger partial charge on any atom is 0.240 e. The zero-order valence-electron chi connectivity index (χ0n) is 13.6. The monoisotopic (exact) mass is 348 g/mol. The summed E-state index contributed by atoms with van der Waals surface area (Å²) >= 11 is 0. The maximum atomic E-state index is 5.94. The molecule has 5 rings (SSSR count). The molecule has 0 fully saturated rings. The average molecular weight is 348 g/mol. The molecule has 0 aromatic carbocycles. The number of rotatable bonds is 5. The molecule has 4 aromatic heterocycles. The third kappa shape index (κ3) is 2.27. The SMILES string of the molecule is Cn1ncnc1COc1nn2c(-c3ccon3)nnc2cc1C1=CC=C1. The molecule has 128 valence electrons. The summed E-state index contributed by atoms with van der Waals surface area (Å²) in [4.78, 5) is 4.17. The van der Waals surface area contributed by atoms with Crippen molar-refractivity contribution in [3.63, 3.8) is 0 Å². The minimum atomic E-state index is 0.237. The van der Waals surface area contributed by atoms with Crippen molar-refractivity contribution in [3.05, 3.63) is 54.3 Å². The van der Waals surface area contributed by atoms with Crippen molar-refractivity contribution >= 4 is 11.2 Å². The minimum Gasteiger partial charge on any atom is -0.468 e. The van der Waals surface area contributed by atoms with E-state index in [2.05, 4.69) is 30.5 Å². The van der Waals surface area contributed by atoms with E-state index in [1.165, 1.54) is 12.6 Å². The summed E-state index contributed by atoms with van der Waals surface area (Å²) in [5.41, 5.74) is 2.98. The first kappa shape index (κ1) is 14.5. The normalized spacial score (nSPS) is 13.0. The van der Waals surface area contributed by atoms with Crippen LogP contribution in [-0.4, -0.2) is 39.7 Å². The fourth-order valence-corrected chi connectivity index (χ4v) is 2.57. The molecule has 0 saturated carbocycles. The summed E-state index contributed by atoms with van der Waals surface area (Å²) in [6.45, 7) is 0.237. The van der Waals surface area contributed by atoms with Crippen molar-refractivity contribution in [3.8, 4) is 17.4 Å². The topological polar surface area (TPSA) is 109 Å². The van der Waals surface area contributed by atoms with Gasteiger partial charge in [0.25, 0.3) is 0 Å². The summed E-state index contributed by atoms with van der Waals surface area (Å²) in [7, 11) is 1.81. The van der Waals surface area contributed by atoms with Crippen molar-refractivity contribution in [2.75, 3.05) is 0 Å². The van der Waals surface area contributed by atoms with E-state index in [9.17, 15) is 0 Å². The lowest BCUT2D eigenvalue weighted by Gasteiger charge is -2.13. The van der Waals surface area contributed by atoms with E-state index in [1.807, 2.05) is 31.3 Å². The van der Waals surface area contributed by atoms with E-state index in [1.54, 1.807) is 15.3 Å². The largest absolute Gasteiger partial charge is 0.468 e. The second-order valence-corrected chi connectivity index (χ2v) is 5.61. The van der Waals surface area contributed by atoms with Crippen LogP contribution in [0.25, 0.3) is 22.7 Å². The van der Waals surface area contributed by atoms with Crippen LogP contribution in [0, 0.1) is 0 Å². The van der Waals surface area contributed by atoms with Gasteiger partial charge in [0.2, 0.25) is 11.7 Å². The molecular weight excluding hydrogens is 336 g/mol. The fourth-order valence-electron chi connectivity index (χ4n) is 2.57. The Labute approximate surface area is 146 Å². The molecule has 4 aromatic rings. The smallest absolute Gasteiger partial charge is 0.240 e. The van der Waals surface area contributed by atoms with Crippen LogP contribution in [0.4, 0.5) is 0 Å². The first-order chi connectivity index (χ1) is 12.8. The van der Waals surface area contributed by atoms with Crippen LogP contribution in [0.1, 0.15) is 11.4 Å². The Hall–Kier alpha value is -3.82. The first-order valence-electron chi connectivity index (χ1n) is 7.81. The zero-order valence-corrected chi connectivity index (χ0v) is 13.6. The molecule has 0 spiro atoms. The second kappa shape index (κ2) is 5.62. The molecule has 1 aliphatic rings.